The molecule has 5 nitrogen and oxygen atoms in total. The third kappa shape index (κ3) is 4.16. The van der Waals surface area contributed by atoms with Gasteiger partial charge in [0.2, 0.25) is 0 Å². The van der Waals surface area contributed by atoms with Gasteiger partial charge in [-0.1, -0.05) is 0 Å². The molecule has 0 aromatic carbocycles. The van der Waals surface area contributed by atoms with Crippen LogP contribution in [0, 0.1) is 11.3 Å². The van der Waals surface area contributed by atoms with Crippen molar-refractivity contribution in [2.24, 2.45) is 0 Å². The summed E-state index contributed by atoms with van der Waals surface area (Å²) in [6, 6.07) is 5.98. The molecule has 0 radical (unpaired) electrons. The molecule has 0 unspecified atom stereocenters. The maximum Gasteiger partial charge on any atom is 0.433 e. The second-order valence-corrected chi connectivity index (χ2v) is 4.66. The fourth-order valence-electron chi connectivity index (χ4n) is 1.99. The minimum absolute atomic E-state index is 0.0207. The molecule has 8 heteroatoms. The van der Waals surface area contributed by atoms with E-state index in [2.05, 4.69) is 15.0 Å². The van der Waals surface area contributed by atoms with Crippen molar-refractivity contribution < 1.29 is 13.2 Å². The smallest absolute Gasteiger partial charge is 0.356 e. The van der Waals surface area contributed by atoms with Crippen LogP contribution >= 0.6 is 0 Å². The summed E-state index contributed by atoms with van der Waals surface area (Å²) in [5, 5.41) is 8.68. The van der Waals surface area contributed by atoms with Crippen LogP contribution in [0.3, 0.4) is 0 Å². The average molecular weight is 321 g/mol. The van der Waals surface area contributed by atoms with Gasteiger partial charge in [0.05, 0.1) is 12.5 Å². The third-order valence-electron chi connectivity index (χ3n) is 3.14. The van der Waals surface area contributed by atoms with Crippen molar-refractivity contribution in [1.29, 1.82) is 5.26 Å². The van der Waals surface area contributed by atoms with Crippen molar-refractivity contribution in [3.63, 3.8) is 0 Å². The molecule has 2 heterocycles. The topological polar surface area (TPSA) is 65.7 Å². The molecule has 0 aliphatic heterocycles. The van der Waals surface area contributed by atoms with Gasteiger partial charge in [0.25, 0.3) is 0 Å². The number of nitrogens with zero attached hydrogens (tertiary/aromatic N) is 5. The van der Waals surface area contributed by atoms with Gasteiger partial charge in [0.1, 0.15) is 5.82 Å². The summed E-state index contributed by atoms with van der Waals surface area (Å²) in [5.41, 5.74) is -0.562. The van der Waals surface area contributed by atoms with Crippen molar-refractivity contribution in [3.8, 4) is 17.5 Å². The Bertz CT molecular complexity index is 694. The second kappa shape index (κ2) is 7.05. The van der Waals surface area contributed by atoms with Crippen LogP contribution in [0.4, 0.5) is 19.0 Å². The van der Waals surface area contributed by atoms with Crippen LogP contribution in [-0.2, 0) is 6.18 Å². The maximum absolute atomic E-state index is 13.1. The molecule has 0 bridgehead atoms. The molecule has 2 aromatic rings. The SMILES string of the molecule is CCN(CCC#N)c1cc(C(F)(F)F)nc(-c2ccncc2)n1. The number of nitriles is 1. The molecule has 2 rings (SSSR count). The minimum atomic E-state index is -4.58. The Morgan fingerprint density at radius 2 is 1.91 bits per heavy atom. The first kappa shape index (κ1) is 16.7. The lowest BCUT2D eigenvalue weighted by molar-refractivity contribution is -0.141. The Morgan fingerprint density at radius 3 is 2.48 bits per heavy atom. The van der Waals surface area contributed by atoms with Crippen molar-refractivity contribution in [2.75, 3.05) is 18.0 Å². The fourth-order valence-corrected chi connectivity index (χ4v) is 1.99. The van der Waals surface area contributed by atoms with Gasteiger partial charge in [0.15, 0.2) is 11.5 Å². The summed E-state index contributed by atoms with van der Waals surface area (Å²) < 4.78 is 39.3. The minimum Gasteiger partial charge on any atom is -0.356 e. The molecule has 0 amide bonds. The van der Waals surface area contributed by atoms with Gasteiger partial charge < -0.3 is 4.90 Å². The van der Waals surface area contributed by atoms with E-state index in [1.165, 1.54) is 12.4 Å². The molecule has 0 fully saturated rings. The summed E-state index contributed by atoms with van der Waals surface area (Å²) in [6.07, 6.45) is -1.45. The van der Waals surface area contributed by atoms with Crippen molar-refractivity contribution in [2.45, 2.75) is 19.5 Å². The van der Waals surface area contributed by atoms with Crippen molar-refractivity contribution >= 4 is 5.82 Å². The van der Waals surface area contributed by atoms with E-state index >= 15 is 0 Å². The standard InChI is InChI=1S/C15H14F3N5/c1-2-23(9-3-6-19)13-10-12(15(16,17)18)21-14(22-13)11-4-7-20-8-5-11/h4-5,7-8,10H,2-3,9H2,1H3. The van der Waals surface area contributed by atoms with E-state index < -0.39 is 11.9 Å². The number of hydrogen-bond acceptors (Lipinski definition) is 5. The van der Waals surface area contributed by atoms with Gasteiger partial charge in [-0.3, -0.25) is 4.98 Å². The zero-order valence-electron chi connectivity index (χ0n) is 12.4. The van der Waals surface area contributed by atoms with Crippen molar-refractivity contribution in [1.82, 2.24) is 15.0 Å². The van der Waals surface area contributed by atoms with Gasteiger partial charge in [0, 0.05) is 37.1 Å². The highest BCUT2D eigenvalue weighted by Gasteiger charge is 2.34. The van der Waals surface area contributed by atoms with Crippen LogP contribution < -0.4 is 4.90 Å². The molecule has 0 aliphatic rings. The van der Waals surface area contributed by atoms with E-state index in [1.807, 2.05) is 6.07 Å². The molecule has 0 spiro atoms. The van der Waals surface area contributed by atoms with Gasteiger partial charge in [-0.15, -0.1) is 0 Å². The lowest BCUT2D eigenvalue weighted by atomic mass is 10.2. The van der Waals surface area contributed by atoms with Crippen LogP contribution in [-0.4, -0.2) is 28.0 Å². The summed E-state index contributed by atoms with van der Waals surface area (Å²) in [7, 11) is 0. The largest absolute Gasteiger partial charge is 0.433 e. The van der Waals surface area contributed by atoms with Gasteiger partial charge in [-0.25, -0.2) is 9.97 Å². The summed E-state index contributed by atoms with van der Waals surface area (Å²) >= 11 is 0. The molecule has 23 heavy (non-hydrogen) atoms. The van der Waals surface area contributed by atoms with Crippen LogP contribution in [0.2, 0.25) is 0 Å². The number of pyridine rings is 1. The first-order valence-corrected chi connectivity index (χ1v) is 6.94. The van der Waals surface area contributed by atoms with E-state index in [0.29, 0.717) is 18.7 Å². The number of anilines is 1. The number of hydrogen-bond donors (Lipinski definition) is 0. The summed E-state index contributed by atoms with van der Waals surface area (Å²) in [4.78, 5) is 13.3. The van der Waals surface area contributed by atoms with E-state index in [4.69, 9.17) is 5.26 Å². The highest BCUT2D eigenvalue weighted by Crippen LogP contribution is 2.31. The third-order valence-corrected chi connectivity index (χ3v) is 3.14. The number of aromatic nitrogens is 3. The molecule has 0 N–H and O–H groups in total. The normalized spacial score (nSPS) is 11.1. The van der Waals surface area contributed by atoms with E-state index in [1.54, 1.807) is 24.0 Å². The van der Waals surface area contributed by atoms with Crippen LogP contribution in [0.25, 0.3) is 11.4 Å². The Hall–Kier alpha value is -2.69. The van der Waals surface area contributed by atoms with Crippen LogP contribution in [0.1, 0.15) is 19.0 Å². The Labute approximate surface area is 131 Å². The van der Waals surface area contributed by atoms with Crippen molar-refractivity contribution in [3.05, 3.63) is 36.3 Å². The summed E-state index contributed by atoms with van der Waals surface area (Å²) in [5.74, 6) is 0.129. The molecule has 0 atom stereocenters. The second-order valence-electron chi connectivity index (χ2n) is 4.66. The zero-order valence-corrected chi connectivity index (χ0v) is 12.4. The lowest BCUT2D eigenvalue weighted by Crippen LogP contribution is -2.26. The van der Waals surface area contributed by atoms with E-state index in [9.17, 15) is 13.2 Å². The maximum atomic E-state index is 13.1. The molecule has 0 aliphatic carbocycles. The molecule has 2 aromatic heterocycles. The Kier molecular flexibility index (Phi) is 5.11. The van der Waals surface area contributed by atoms with E-state index in [0.717, 1.165) is 6.07 Å². The Morgan fingerprint density at radius 1 is 1.22 bits per heavy atom. The van der Waals surface area contributed by atoms with E-state index in [-0.39, 0.29) is 18.1 Å². The average Bonchev–Trinajstić information content (AvgIpc) is 2.55. The molecular weight excluding hydrogens is 307 g/mol. The first-order valence-electron chi connectivity index (χ1n) is 6.94. The summed E-state index contributed by atoms with van der Waals surface area (Å²) in [6.45, 7) is 2.53. The predicted molar refractivity (Wildman–Crippen MR) is 78.4 cm³/mol. The monoisotopic (exact) mass is 321 g/mol. The van der Waals surface area contributed by atoms with Gasteiger partial charge >= 0.3 is 6.18 Å². The highest BCUT2D eigenvalue weighted by molar-refractivity contribution is 5.57. The number of rotatable bonds is 5. The number of halogens is 3. The van der Waals surface area contributed by atoms with Gasteiger partial charge in [-0.2, -0.15) is 18.4 Å². The highest BCUT2D eigenvalue weighted by atomic mass is 19.4. The molecular formula is C15H14F3N5. The lowest BCUT2D eigenvalue weighted by Gasteiger charge is -2.22. The number of alkyl halides is 3. The molecule has 0 saturated heterocycles. The Balaban J connectivity index is 2.52. The van der Waals surface area contributed by atoms with Crippen LogP contribution in [0.5, 0.6) is 0 Å². The first-order chi connectivity index (χ1) is 11.0. The van der Waals surface area contributed by atoms with Crippen LogP contribution in [0.15, 0.2) is 30.6 Å². The predicted octanol–water partition coefficient (Wildman–Crippen LogP) is 3.30. The molecule has 120 valence electrons. The quantitative estimate of drug-likeness (QED) is 0.845. The fraction of sp³-hybridized carbons (Fsp3) is 0.333. The molecule has 0 saturated carbocycles. The van der Waals surface area contributed by atoms with Gasteiger partial charge in [-0.05, 0) is 19.1 Å². The zero-order chi connectivity index (χ0) is 16.9.